The van der Waals surface area contributed by atoms with Crippen molar-refractivity contribution in [3.8, 4) is 0 Å². The maximum absolute atomic E-state index is 12.0. The minimum absolute atomic E-state index is 0.184. The highest BCUT2D eigenvalue weighted by Crippen LogP contribution is 2.16. The molecule has 0 aliphatic carbocycles. The highest BCUT2D eigenvalue weighted by molar-refractivity contribution is 7.89. The largest absolute Gasteiger partial charge is 0.398 e. The SMILES string of the molecule is CCCCOCCNS(=O)(=O)c1ccc(C)c(N)c1. The molecule has 1 aromatic carbocycles. The van der Waals surface area contributed by atoms with Crippen molar-refractivity contribution in [1.82, 2.24) is 4.72 Å². The molecule has 5 nitrogen and oxygen atoms in total. The Bertz CT molecular complexity index is 501. The normalized spacial score (nSPS) is 11.7. The lowest BCUT2D eigenvalue weighted by Crippen LogP contribution is -2.27. The number of unbranched alkanes of at least 4 members (excludes halogenated alkanes) is 1. The van der Waals surface area contributed by atoms with Crippen molar-refractivity contribution in [3.05, 3.63) is 23.8 Å². The molecule has 0 bridgehead atoms. The van der Waals surface area contributed by atoms with E-state index >= 15 is 0 Å². The van der Waals surface area contributed by atoms with Crippen molar-refractivity contribution in [3.63, 3.8) is 0 Å². The van der Waals surface area contributed by atoms with E-state index in [9.17, 15) is 8.42 Å². The van der Waals surface area contributed by atoms with Crippen LogP contribution in [0.15, 0.2) is 23.1 Å². The lowest BCUT2D eigenvalue weighted by atomic mass is 10.2. The third-order valence-corrected chi connectivity index (χ3v) is 4.20. The van der Waals surface area contributed by atoms with Crippen molar-refractivity contribution in [2.75, 3.05) is 25.5 Å². The van der Waals surface area contributed by atoms with Gasteiger partial charge in [0.2, 0.25) is 10.0 Å². The Balaban J connectivity index is 2.49. The third kappa shape index (κ3) is 5.18. The summed E-state index contributed by atoms with van der Waals surface area (Å²) in [5.74, 6) is 0. The number of sulfonamides is 1. The van der Waals surface area contributed by atoms with E-state index < -0.39 is 10.0 Å². The third-order valence-electron chi connectivity index (χ3n) is 2.74. The number of rotatable bonds is 8. The fourth-order valence-electron chi connectivity index (χ4n) is 1.47. The Hall–Kier alpha value is -1.11. The van der Waals surface area contributed by atoms with Gasteiger partial charge in [0.05, 0.1) is 11.5 Å². The summed E-state index contributed by atoms with van der Waals surface area (Å²) in [7, 11) is -3.50. The van der Waals surface area contributed by atoms with E-state index in [0.29, 0.717) is 18.9 Å². The lowest BCUT2D eigenvalue weighted by molar-refractivity contribution is 0.136. The van der Waals surface area contributed by atoms with E-state index in [1.165, 1.54) is 6.07 Å². The smallest absolute Gasteiger partial charge is 0.240 e. The number of ether oxygens (including phenoxy) is 1. The minimum Gasteiger partial charge on any atom is -0.398 e. The standard InChI is InChI=1S/C13H22N2O3S/c1-3-4-8-18-9-7-15-19(16,17)12-6-5-11(2)13(14)10-12/h5-6,10,15H,3-4,7-9,14H2,1-2H3. The van der Waals surface area contributed by atoms with Crippen molar-refractivity contribution in [2.24, 2.45) is 0 Å². The van der Waals surface area contributed by atoms with Gasteiger partial charge in [0.25, 0.3) is 0 Å². The number of benzene rings is 1. The first kappa shape index (κ1) is 15.9. The van der Waals surface area contributed by atoms with Crippen LogP contribution >= 0.6 is 0 Å². The van der Waals surface area contributed by atoms with Crippen LogP contribution in [0.4, 0.5) is 5.69 Å². The molecule has 0 saturated heterocycles. The zero-order chi connectivity index (χ0) is 14.3. The van der Waals surface area contributed by atoms with E-state index in [2.05, 4.69) is 11.6 Å². The molecular weight excluding hydrogens is 264 g/mol. The van der Waals surface area contributed by atoms with E-state index in [-0.39, 0.29) is 11.4 Å². The molecule has 0 aromatic heterocycles. The molecule has 0 radical (unpaired) electrons. The summed E-state index contributed by atoms with van der Waals surface area (Å²) >= 11 is 0. The first-order chi connectivity index (χ1) is 8.97. The Morgan fingerprint density at radius 2 is 2.05 bits per heavy atom. The quantitative estimate of drug-likeness (QED) is 0.562. The average molecular weight is 286 g/mol. The maximum Gasteiger partial charge on any atom is 0.240 e. The molecular formula is C13H22N2O3S. The summed E-state index contributed by atoms with van der Waals surface area (Å²) in [6.45, 7) is 5.21. The molecule has 0 saturated carbocycles. The Morgan fingerprint density at radius 3 is 2.68 bits per heavy atom. The van der Waals surface area contributed by atoms with Gasteiger partial charge in [-0.05, 0) is 31.0 Å². The van der Waals surface area contributed by atoms with E-state index in [1.54, 1.807) is 12.1 Å². The number of anilines is 1. The molecule has 3 N–H and O–H groups in total. The zero-order valence-electron chi connectivity index (χ0n) is 11.5. The molecule has 0 amide bonds. The minimum atomic E-state index is -3.50. The van der Waals surface area contributed by atoms with Crippen LogP contribution in [0.25, 0.3) is 0 Å². The second-order valence-corrected chi connectivity index (χ2v) is 6.15. The van der Waals surface area contributed by atoms with Gasteiger partial charge in [-0.3, -0.25) is 0 Å². The summed E-state index contributed by atoms with van der Waals surface area (Å²) < 4.78 is 31.7. The molecule has 0 unspecified atom stereocenters. The van der Waals surface area contributed by atoms with Gasteiger partial charge >= 0.3 is 0 Å². The van der Waals surface area contributed by atoms with Gasteiger partial charge in [0, 0.05) is 18.8 Å². The summed E-state index contributed by atoms with van der Waals surface area (Å²) in [6, 6.07) is 4.71. The fraction of sp³-hybridized carbons (Fsp3) is 0.538. The maximum atomic E-state index is 12.0. The predicted molar refractivity (Wildman–Crippen MR) is 76.5 cm³/mol. The molecule has 0 heterocycles. The first-order valence-electron chi connectivity index (χ1n) is 6.41. The van der Waals surface area contributed by atoms with Gasteiger partial charge in [-0.25, -0.2) is 13.1 Å². The van der Waals surface area contributed by atoms with Crippen molar-refractivity contribution >= 4 is 15.7 Å². The fourth-order valence-corrected chi connectivity index (χ4v) is 2.51. The summed E-state index contributed by atoms with van der Waals surface area (Å²) in [4.78, 5) is 0.184. The van der Waals surface area contributed by atoms with E-state index in [0.717, 1.165) is 18.4 Å². The van der Waals surface area contributed by atoms with Crippen LogP contribution in [-0.2, 0) is 14.8 Å². The molecule has 19 heavy (non-hydrogen) atoms. The average Bonchev–Trinajstić information content (AvgIpc) is 2.36. The Kier molecular flexibility index (Phi) is 6.27. The molecule has 1 rings (SSSR count). The van der Waals surface area contributed by atoms with E-state index in [1.807, 2.05) is 6.92 Å². The summed E-state index contributed by atoms with van der Waals surface area (Å²) in [5, 5.41) is 0. The lowest BCUT2D eigenvalue weighted by Gasteiger charge is -2.09. The Labute approximate surface area is 115 Å². The highest BCUT2D eigenvalue weighted by atomic mass is 32.2. The molecule has 1 aromatic rings. The topological polar surface area (TPSA) is 81.4 Å². The van der Waals surface area contributed by atoms with Crippen LogP contribution in [-0.4, -0.2) is 28.2 Å². The number of aryl methyl sites for hydroxylation is 1. The number of hydrogen-bond donors (Lipinski definition) is 2. The van der Waals surface area contributed by atoms with Gasteiger partial charge < -0.3 is 10.5 Å². The van der Waals surface area contributed by atoms with Gasteiger partial charge in [0.1, 0.15) is 0 Å². The predicted octanol–water partition coefficient (Wildman–Crippen LogP) is 1.67. The summed E-state index contributed by atoms with van der Waals surface area (Å²) in [5.41, 5.74) is 7.05. The number of nitrogens with one attached hydrogen (secondary N) is 1. The van der Waals surface area contributed by atoms with Crippen LogP contribution in [0, 0.1) is 6.92 Å². The first-order valence-corrected chi connectivity index (χ1v) is 7.89. The van der Waals surface area contributed by atoms with Gasteiger partial charge in [0.15, 0.2) is 0 Å². The van der Waals surface area contributed by atoms with Crippen LogP contribution in [0.5, 0.6) is 0 Å². The van der Waals surface area contributed by atoms with E-state index in [4.69, 9.17) is 10.5 Å². The molecule has 6 heteroatoms. The van der Waals surface area contributed by atoms with Crippen molar-refractivity contribution in [1.29, 1.82) is 0 Å². The number of nitrogen functional groups attached to an aromatic ring is 1. The second kappa shape index (κ2) is 7.47. The molecule has 0 aliphatic rings. The monoisotopic (exact) mass is 286 g/mol. The number of nitrogens with two attached hydrogens (primary N) is 1. The molecule has 0 spiro atoms. The van der Waals surface area contributed by atoms with Crippen molar-refractivity contribution < 1.29 is 13.2 Å². The van der Waals surface area contributed by atoms with Gasteiger partial charge in [-0.1, -0.05) is 19.4 Å². The highest BCUT2D eigenvalue weighted by Gasteiger charge is 2.13. The van der Waals surface area contributed by atoms with Gasteiger partial charge in [-0.15, -0.1) is 0 Å². The van der Waals surface area contributed by atoms with Crippen LogP contribution < -0.4 is 10.5 Å². The molecule has 108 valence electrons. The second-order valence-electron chi connectivity index (χ2n) is 4.38. The molecule has 0 fully saturated rings. The number of hydrogen-bond acceptors (Lipinski definition) is 4. The Morgan fingerprint density at radius 1 is 1.32 bits per heavy atom. The van der Waals surface area contributed by atoms with Crippen LogP contribution in [0.1, 0.15) is 25.3 Å². The van der Waals surface area contributed by atoms with Crippen LogP contribution in [0.3, 0.4) is 0 Å². The molecule has 0 atom stereocenters. The van der Waals surface area contributed by atoms with Crippen molar-refractivity contribution in [2.45, 2.75) is 31.6 Å². The zero-order valence-corrected chi connectivity index (χ0v) is 12.3. The molecule has 0 aliphatic heterocycles. The summed E-state index contributed by atoms with van der Waals surface area (Å²) in [6.07, 6.45) is 2.05. The van der Waals surface area contributed by atoms with Gasteiger partial charge in [-0.2, -0.15) is 0 Å². The van der Waals surface area contributed by atoms with Crippen LogP contribution in [0.2, 0.25) is 0 Å².